The fourth-order valence-corrected chi connectivity index (χ4v) is 4.55. The number of sulfone groups is 1. The lowest BCUT2D eigenvalue weighted by Crippen LogP contribution is -2.57. The Bertz CT molecular complexity index is 802. The van der Waals surface area contributed by atoms with Crippen molar-refractivity contribution in [1.82, 2.24) is 9.80 Å². The molecule has 2 fully saturated rings. The van der Waals surface area contributed by atoms with Crippen LogP contribution in [0.4, 0.5) is 0 Å². The van der Waals surface area contributed by atoms with Gasteiger partial charge in [-0.05, 0) is 17.7 Å². The molecule has 0 radical (unpaired) electrons. The number of hydrogen-bond acceptors (Lipinski definition) is 6. The maximum atomic E-state index is 12.5. The van der Waals surface area contributed by atoms with Gasteiger partial charge in [0, 0.05) is 6.54 Å². The van der Waals surface area contributed by atoms with Crippen LogP contribution in [0.2, 0.25) is 0 Å². The van der Waals surface area contributed by atoms with E-state index in [0.29, 0.717) is 5.56 Å². The van der Waals surface area contributed by atoms with Gasteiger partial charge in [-0.25, -0.2) is 13.2 Å². The molecular weight excluding hydrogens is 336 g/mol. The Morgan fingerprint density at radius 3 is 2.54 bits per heavy atom. The number of ether oxygens (including phenoxy) is 1. The number of rotatable bonds is 3. The first-order valence-electron chi connectivity index (χ1n) is 7.26. The molecule has 1 aromatic rings. The highest BCUT2D eigenvalue weighted by Gasteiger charge is 2.47. The quantitative estimate of drug-likeness (QED) is 0.673. The van der Waals surface area contributed by atoms with E-state index in [2.05, 4.69) is 4.74 Å². The zero-order chi connectivity index (χ0) is 17.5. The van der Waals surface area contributed by atoms with Crippen molar-refractivity contribution in [2.75, 3.05) is 25.3 Å². The molecule has 24 heavy (non-hydrogen) atoms. The van der Waals surface area contributed by atoms with Crippen LogP contribution in [-0.2, 0) is 30.7 Å². The Morgan fingerprint density at radius 1 is 1.25 bits per heavy atom. The zero-order valence-corrected chi connectivity index (χ0v) is 13.8. The summed E-state index contributed by atoms with van der Waals surface area (Å²) in [6.45, 7) is 0.0278. The van der Waals surface area contributed by atoms with Crippen LogP contribution in [0, 0.1) is 0 Å². The monoisotopic (exact) mass is 352 g/mol. The maximum absolute atomic E-state index is 12.5. The average molecular weight is 352 g/mol. The van der Waals surface area contributed by atoms with E-state index in [1.165, 1.54) is 12.0 Å². The minimum atomic E-state index is -3.40. The molecular formula is C15H16N2O6S. The number of carbonyl (C=O) groups is 3. The number of benzene rings is 1. The first-order chi connectivity index (χ1) is 11.3. The van der Waals surface area contributed by atoms with Crippen molar-refractivity contribution in [2.45, 2.75) is 12.6 Å². The van der Waals surface area contributed by atoms with Crippen molar-refractivity contribution in [3.05, 3.63) is 35.4 Å². The van der Waals surface area contributed by atoms with Gasteiger partial charge in [0.05, 0.1) is 18.4 Å². The first-order valence-corrected chi connectivity index (χ1v) is 9.09. The fourth-order valence-electron chi connectivity index (χ4n) is 2.90. The van der Waals surface area contributed by atoms with Gasteiger partial charge in [-0.15, -0.1) is 0 Å². The number of piperazine rings is 1. The van der Waals surface area contributed by atoms with Crippen LogP contribution in [0.5, 0.6) is 0 Å². The molecule has 0 unspecified atom stereocenters. The molecule has 0 aliphatic carbocycles. The molecule has 2 aliphatic rings. The van der Waals surface area contributed by atoms with Crippen LogP contribution in [-0.4, -0.2) is 67.3 Å². The third-order valence-corrected chi connectivity index (χ3v) is 5.61. The van der Waals surface area contributed by atoms with E-state index in [1.807, 2.05) is 0 Å². The summed E-state index contributed by atoms with van der Waals surface area (Å²) in [5.41, 5.74) is 1.12. The molecule has 0 bridgehead atoms. The van der Waals surface area contributed by atoms with Crippen molar-refractivity contribution >= 4 is 27.6 Å². The van der Waals surface area contributed by atoms with Crippen LogP contribution < -0.4 is 0 Å². The van der Waals surface area contributed by atoms with Gasteiger partial charge in [-0.3, -0.25) is 9.59 Å². The van der Waals surface area contributed by atoms with E-state index in [4.69, 9.17) is 0 Å². The number of fused-ring (bicyclic) bond motifs is 1. The Balaban J connectivity index is 1.75. The smallest absolute Gasteiger partial charge is 0.337 e. The van der Waals surface area contributed by atoms with Gasteiger partial charge in [0.1, 0.15) is 18.5 Å². The predicted octanol–water partition coefficient (Wildman–Crippen LogP) is -0.601. The second-order valence-electron chi connectivity index (χ2n) is 5.80. The van der Waals surface area contributed by atoms with Gasteiger partial charge in [0.2, 0.25) is 11.8 Å². The van der Waals surface area contributed by atoms with E-state index in [-0.39, 0.29) is 36.5 Å². The summed E-state index contributed by atoms with van der Waals surface area (Å²) in [5.74, 6) is -1.91. The summed E-state index contributed by atoms with van der Waals surface area (Å²) in [6, 6.07) is 5.56. The number of carbonyl (C=O) groups excluding carboxylic acids is 3. The molecule has 0 aromatic heterocycles. The van der Waals surface area contributed by atoms with Crippen molar-refractivity contribution in [3.63, 3.8) is 0 Å². The Hall–Kier alpha value is -2.42. The van der Waals surface area contributed by atoms with Crippen LogP contribution in [0.15, 0.2) is 24.3 Å². The lowest BCUT2D eigenvalue weighted by molar-refractivity contribution is -0.153. The Kier molecular flexibility index (Phi) is 4.04. The number of hydrogen-bond donors (Lipinski definition) is 0. The summed E-state index contributed by atoms with van der Waals surface area (Å²) in [5, 5.41) is 0. The van der Waals surface area contributed by atoms with E-state index in [9.17, 15) is 22.8 Å². The summed E-state index contributed by atoms with van der Waals surface area (Å²) in [6.07, 6.45) is 0. The summed E-state index contributed by atoms with van der Waals surface area (Å²) >= 11 is 0. The molecule has 2 amide bonds. The van der Waals surface area contributed by atoms with Crippen molar-refractivity contribution in [2.24, 2.45) is 0 Å². The minimum absolute atomic E-state index is 0.149. The molecule has 0 spiro atoms. The predicted molar refractivity (Wildman–Crippen MR) is 82.5 cm³/mol. The number of amides is 2. The highest BCUT2D eigenvalue weighted by molar-refractivity contribution is 7.91. The molecule has 3 rings (SSSR count). The highest BCUT2D eigenvalue weighted by Crippen LogP contribution is 2.23. The maximum Gasteiger partial charge on any atom is 0.337 e. The van der Waals surface area contributed by atoms with E-state index >= 15 is 0 Å². The van der Waals surface area contributed by atoms with Gasteiger partial charge in [-0.2, -0.15) is 0 Å². The molecule has 1 aromatic carbocycles. The van der Waals surface area contributed by atoms with E-state index < -0.39 is 21.8 Å². The van der Waals surface area contributed by atoms with Crippen molar-refractivity contribution < 1.29 is 27.5 Å². The summed E-state index contributed by atoms with van der Waals surface area (Å²) in [7, 11) is -2.12. The van der Waals surface area contributed by atoms with Gasteiger partial charge in [-0.1, -0.05) is 12.1 Å². The largest absolute Gasteiger partial charge is 0.465 e. The number of methoxy groups -OCH3 is 1. The van der Waals surface area contributed by atoms with Crippen LogP contribution in [0.3, 0.4) is 0 Å². The topological polar surface area (TPSA) is 101 Å². The second kappa shape index (κ2) is 5.90. The van der Waals surface area contributed by atoms with E-state index in [0.717, 1.165) is 10.5 Å². The molecule has 0 N–H and O–H groups in total. The minimum Gasteiger partial charge on any atom is -0.465 e. The first kappa shape index (κ1) is 16.4. The van der Waals surface area contributed by atoms with Crippen LogP contribution in [0.25, 0.3) is 0 Å². The fraction of sp³-hybridized carbons (Fsp3) is 0.400. The molecule has 8 nitrogen and oxygen atoms in total. The third-order valence-electron chi connectivity index (χ3n) is 4.12. The van der Waals surface area contributed by atoms with Gasteiger partial charge >= 0.3 is 5.97 Å². The molecule has 9 heteroatoms. The van der Waals surface area contributed by atoms with Crippen molar-refractivity contribution in [1.29, 1.82) is 0 Å². The molecule has 2 saturated heterocycles. The van der Waals surface area contributed by atoms with Gasteiger partial charge < -0.3 is 14.5 Å². The zero-order valence-electron chi connectivity index (χ0n) is 13.0. The normalized spacial score (nSPS) is 22.5. The highest BCUT2D eigenvalue weighted by atomic mass is 32.2. The molecule has 2 heterocycles. The molecule has 2 aliphatic heterocycles. The lowest BCUT2D eigenvalue weighted by Gasteiger charge is -2.35. The third kappa shape index (κ3) is 2.99. The molecule has 1 atom stereocenters. The summed E-state index contributed by atoms with van der Waals surface area (Å²) in [4.78, 5) is 38.4. The molecule has 128 valence electrons. The summed E-state index contributed by atoms with van der Waals surface area (Å²) < 4.78 is 28.0. The van der Waals surface area contributed by atoms with Gasteiger partial charge in [0.15, 0.2) is 9.84 Å². The number of nitrogens with zero attached hydrogens (tertiary/aromatic N) is 2. The standard InChI is InChI=1S/C15H16N2O6S/c1-23-15(20)11-4-2-10(3-5-11)6-16-7-13(18)17-9-24(21,22)8-12(17)14(16)19/h2-5,12H,6-9H2,1H3/t12-/m0/s1. The Morgan fingerprint density at radius 2 is 1.92 bits per heavy atom. The Labute approximate surface area is 138 Å². The van der Waals surface area contributed by atoms with Crippen LogP contribution in [0.1, 0.15) is 15.9 Å². The van der Waals surface area contributed by atoms with Gasteiger partial charge in [0.25, 0.3) is 0 Å². The van der Waals surface area contributed by atoms with Crippen LogP contribution >= 0.6 is 0 Å². The van der Waals surface area contributed by atoms with E-state index in [1.54, 1.807) is 24.3 Å². The number of esters is 1. The van der Waals surface area contributed by atoms with Crippen molar-refractivity contribution in [3.8, 4) is 0 Å². The molecule has 0 saturated carbocycles. The lowest BCUT2D eigenvalue weighted by atomic mass is 10.1. The average Bonchev–Trinajstić information content (AvgIpc) is 2.89. The SMILES string of the molecule is COC(=O)c1ccc(CN2CC(=O)N3CS(=O)(=O)C[C@H]3C2=O)cc1. The second-order valence-corrected chi connectivity index (χ2v) is 7.88.